The number of nitrogens with zero attached hydrogens (tertiary/aromatic N) is 2. The summed E-state index contributed by atoms with van der Waals surface area (Å²) in [5.41, 5.74) is 0. The number of hydrogen-bond donors (Lipinski definition) is 0. The zero-order chi connectivity index (χ0) is 13.8. The van der Waals surface area contributed by atoms with Gasteiger partial charge in [-0.15, -0.1) is 0 Å². The summed E-state index contributed by atoms with van der Waals surface area (Å²) in [5.74, 6) is 0.113. The summed E-state index contributed by atoms with van der Waals surface area (Å²) in [7, 11) is -0.425. The number of rotatable bonds is 6. The average molecular weight is 293 g/mol. The van der Waals surface area contributed by atoms with E-state index >= 15 is 0 Å². The first-order chi connectivity index (χ1) is 8.37. The molecule has 1 aromatic heterocycles. The minimum Gasteiger partial charge on any atom is -0.384 e. The van der Waals surface area contributed by atoms with Crippen molar-refractivity contribution in [1.82, 2.24) is 9.29 Å². The van der Waals surface area contributed by atoms with Gasteiger partial charge in [-0.05, 0) is 12.0 Å². The second-order valence-corrected chi connectivity index (χ2v) is 6.67. The lowest BCUT2D eigenvalue weighted by Gasteiger charge is -2.20. The van der Waals surface area contributed by atoms with Crippen LogP contribution in [-0.2, 0) is 14.8 Å². The molecule has 0 aliphatic rings. The predicted molar refractivity (Wildman–Crippen MR) is 70.1 cm³/mol. The van der Waals surface area contributed by atoms with Crippen LogP contribution >= 0.6 is 11.6 Å². The SMILES string of the molecule is COC[C@H](C)CN(C)S(=O)(=O)c1cncc(Cl)c1. The van der Waals surface area contributed by atoms with Crippen molar-refractivity contribution in [3.8, 4) is 0 Å². The van der Waals surface area contributed by atoms with Crippen LogP contribution in [-0.4, -0.2) is 45.0 Å². The van der Waals surface area contributed by atoms with Gasteiger partial charge < -0.3 is 4.74 Å². The molecular formula is C11H17ClN2O3S. The van der Waals surface area contributed by atoms with Gasteiger partial charge in [0.05, 0.1) is 5.02 Å². The minimum absolute atomic E-state index is 0.0992. The van der Waals surface area contributed by atoms with Crippen LogP contribution in [0.3, 0.4) is 0 Å². The molecule has 1 aromatic rings. The van der Waals surface area contributed by atoms with E-state index < -0.39 is 10.0 Å². The van der Waals surface area contributed by atoms with Crippen LogP contribution in [0.2, 0.25) is 5.02 Å². The Morgan fingerprint density at radius 2 is 2.17 bits per heavy atom. The highest BCUT2D eigenvalue weighted by molar-refractivity contribution is 7.89. The smallest absolute Gasteiger partial charge is 0.244 e. The molecule has 0 unspecified atom stereocenters. The normalized spacial score (nSPS) is 13.8. The summed E-state index contributed by atoms with van der Waals surface area (Å²) in [6.45, 7) is 2.81. The predicted octanol–water partition coefficient (Wildman–Crippen LogP) is 1.64. The van der Waals surface area contributed by atoms with Crippen molar-refractivity contribution >= 4 is 21.6 Å². The average Bonchev–Trinajstić information content (AvgIpc) is 2.29. The topological polar surface area (TPSA) is 59.5 Å². The van der Waals surface area contributed by atoms with Gasteiger partial charge in [-0.1, -0.05) is 18.5 Å². The Morgan fingerprint density at radius 1 is 1.50 bits per heavy atom. The molecule has 0 radical (unpaired) electrons. The molecule has 1 rings (SSSR count). The summed E-state index contributed by atoms with van der Waals surface area (Å²) in [4.78, 5) is 3.89. The fraction of sp³-hybridized carbons (Fsp3) is 0.545. The highest BCUT2D eigenvalue weighted by Crippen LogP contribution is 2.18. The third-order valence-electron chi connectivity index (χ3n) is 2.41. The van der Waals surface area contributed by atoms with E-state index in [4.69, 9.17) is 16.3 Å². The van der Waals surface area contributed by atoms with Gasteiger partial charge in [-0.25, -0.2) is 12.7 Å². The summed E-state index contributed by atoms with van der Waals surface area (Å²) in [5, 5.41) is 0.300. The van der Waals surface area contributed by atoms with Crippen molar-refractivity contribution in [2.24, 2.45) is 5.92 Å². The van der Waals surface area contributed by atoms with Crippen LogP contribution in [0.25, 0.3) is 0 Å². The lowest BCUT2D eigenvalue weighted by atomic mass is 10.2. The van der Waals surface area contributed by atoms with Crippen molar-refractivity contribution in [3.63, 3.8) is 0 Å². The first kappa shape index (κ1) is 15.4. The van der Waals surface area contributed by atoms with E-state index in [1.54, 1.807) is 7.11 Å². The standard InChI is InChI=1S/C11H17ClN2O3S/c1-9(8-17-3)7-14(2)18(15,16)11-4-10(12)5-13-6-11/h4-6,9H,7-8H2,1-3H3/t9-/m1/s1. The fourth-order valence-corrected chi connectivity index (χ4v) is 3.11. The van der Waals surface area contributed by atoms with E-state index in [0.717, 1.165) is 0 Å². The number of hydrogen-bond acceptors (Lipinski definition) is 4. The molecule has 1 atom stereocenters. The largest absolute Gasteiger partial charge is 0.384 e. The van der Waals surface area contributed by atoms with Gasteiger partial charge in [0, 0.05) is 39.7 Å². The number of halogens is 1. The maximum absolute atomic E-state index is 12.2. The van der Waals surface area contributed by atoms with E-state index in [-0.39, 0.29) is 10.8 Å². The molecule has 0 aromatic carbocycles. The van der Waals surface area contributed by atoms with Crippen molar-refractivity contribution in [1.29, 1.82) is 0 Å². The molecule has 18 heavy (non-hydrogen) atoms. The summed E-state index contributed by atoms with van der Waals surface area (Å²) in [6, 6.07) is 1.39. The Balaban J connectivity index is 2.86. The van der Waals surface area contributed by atoms with Crippen molar-refractivity contribution in [2.75, 3.05) is 27.3 Å². The van der Waals surface area contributed by atoms with Crippen LogP contribution in [0.5, 0.6) is 0 Å². The van der Waals surface area contributed by atoms with Gasteiger partial charge in [0.1, 0.15) is 4.90 Å². The maximum Gasteiger partial charge on any atom is 0.244 e. The second-order valence-electron chi connectivity index (χ2n) is 4.18. The quantitative estimate of drug-likeness (QED) is 0.800. The summed E-state index contributed by atoms with van der Waals surface area (Å²) >= 11 is 5.75. The van der Waals surface area contributed by atoms with E-state index in [0.29, 0.717) is 18.2 Å². The molecule has 0 saturated carbocycles. The number of ether oxygens (including phenoxy) is 1. The molecule has 0 spiro atoms. The first-order valence-electron chi connectivity index (χ1n) is 5.43. The Kier molecular flexibility index (Phi) is 5.52. The molecule has 0 amide bonds. The molecule has 102 valence electrons. The Hall–Kier alpha value is -0.690. The van der Waals surface area contributed by atoms with Gasteiger partial charge in [-0.2, -0.15) is 0 Å². The fourth-order valence-electron chi connectivity index (χ4n) is 1.59. The molecule has 0 saturated heterocycles. The van der Waals surface area contributed by atoms with Crippen LogP contribution in [0.15, 0.2) is 23.4 Å². The first-order valence-corrected chi connectivity index (χ1v) is 7.25. The van der Waals surface area contributed by atoms with Gasteiger partial charge in [0.15, 0.2) is 0 Å². The van der Waals surface area contributed by atoms with E-state index in [2.05, 4.69) is 4.98 Å². The van der Waals surface area contributed by atoms with E-state index in [1.807, 2.05) is 6.92 Å². The Labute approximate surface area is 113 Å². The Bertz CT molecular complexity index is 493. The molecule has 0 aliphatic heterocycles. The van der Waals surface area contributed by atoms with Crippen LogP contribution in [0, 0.1) is 5.92 Å². The third kappa shape index (κ3) is 3.91. The number of methoxy groups -OCH3 is 1. The minimum atomic E-state index is -3.54. The molecule has 0 fully saturated rings. The van der Waals surface area contributed by atoms with E-state index in [9.17, 15) is 8.42 Å². The van der Waals surface area contributed by atoms with E-state index in [1.165, 1.54) is 29.8 Å². The lowest BCUT2D eigenvalue weighted by Crippen LogP contribution is -2.32. The van der Waals surface area contributed by atoms with Gasteiger partial charge in [0.25, 0.3) is 0 Å². The maximum atomic E-state index is 12.2. The Morgan fingerprint density at radius 3 is 2.72 bits per heavy atom. The highest BCUT2D eigenvalue weighted by atomic mass is 35.5. The van der Waals surface area contributed by atoms with Crippen LogP contribution < -0.4 is 0 Å². The van der Waals surface area contributed by atoms with Gasteiger partial charge in [-0.3, -0.25) is 4.98 Å². The third-order valence-corrected chi connectivity index (χ3v) is 4.40. The zero-order valence-corrected chi connectivity index (χ0v) is 12.2. The number of pyridine rings is 1. The van der Waals surface area contributed by atoms with Gasteiger partial charge >= 0.3 is 0 Å². The lowest BCUT2D eigenvalue weighted by molar-refractivity contribution is 0.151. The molecule has 5 nitrogen and oxygen atoms in total. The molecule has 0 N–H and O–H groups in total. The molecular weight excluding hydrogens is 276 g/mol. The number of sulfonamides is 1. The zero-order valence-electron chi connectivity index (χ0n) is 10.6. The molecule has 7 heteroatoms. The number of aromatic nitrogens is 1. The monoisotopic (exact) mass is 292 g/mol. The molecule has 1 heterocycles. The summed E-state index contributed by atoms with van der Waals surface area (Å²) < 4.78 is 30.7. The molecule has 0 aliphatic carbocycles. The summed E-state index contributed by atoms with van der Waals surface area (Å²) in [6.07, 6.45) is 2.69. The van der Waals surface area contributed by atoms with Crippen LogP contribution in [0.1, 0.15) is 6.92 Å². The van der Waals surface area contributed by atoms with Crippen molar-refractivity contribution < 1.29 is 13.2 Å². The molecule has 0 bridgehead atoms. The van der Waals surface area contributed by atoms with Crippen molar-refractivity contribution in [2.45, 2.75) is 11.8 Å². The van der Waals surface area contributed by atoms with Crippen molar-refractivity contribution in [3.05, 3.63) is 23.5 Å². The van der Waals surface area contributed by atoms with Gasteiger partial charge in [0.2, 0.25) is 10.0 Å². The van der Waals surface area contributed by atoms with Crippen LogP contribution in [0.4, 0.5) is 0 Å². The second kappa shape index (κ2) is 6.47. The highest BCUT2D eigenvalue weighted by Gasteiger charge is 2.22.